The highest BCUT2D eigenvalue weighted by Gasteiger charge is 2.41. The first-order chi connectivity index (χ1) is 9.16. The average Bonchev–Trinajstić information content (AvgIpc) is 2.43. The molecule has 3 nitrogen and oxygen atoms in total. The Morgan fingerprint density at radius 1 is 1.47 bits per heavy atom. The van der Waals surface area contributed by atoms with Crippen molar-refractivity contribution in [3.8, 4) is 0 Å². The molecule has 3 heteroatoms. The molecule has 0 aliphatic heterocycles. The third-order valence-corrected chi connectivity index (χ3v) is 4.31. The Labute approximate surface area is 116 Å². The van der Waals surface area contributed by atoms with Crippen LogP contribution in [0, 0.1) is 5.92 Å². The Bertz CT molecular complexity index is 372. The van der Waals surface area contributed by atoms with E-state index < -0.39 is 6.10 Å². The first-order valence-electron chi connectivity index (χ1n) is 7.37. The monoisotopic (exact) mass is 263 g/mol. The number of aliphatic hydroxyl groups excluding tert-OH is 1. The van der Waals surface area contributed by atoms with Crippen molar-refractivity contribution in [3.63, 3.8) is 0 Å². The predicted molar refractivity (Wildman–Crippen MR) is 75.9 cm³/mol. The molecular formula is C16H25NO2. The van der Waals surface area contributed by atoms with Crippen LogP contribution < -0.4 is 0 Å². The molecule has 1 atom stereocenters. The van der Waals surface area contributed by atoms with Gasteiger partial charge in [-0.25, -0.2) is 0 Å². The molecule has 1 aliphatic carbocycles. The molecule has 1 fully saturated rings. The topological polar surface area (TPSA) is 42.4 Å². The Morgan fingerprint density at radius 2 is 2.21 bits per heavy atom. The third kappa shape index (κ3) is 3.54. The maximum absolute atomic E-state index is 10.6. The standard InChI is InChI=1S/C16H25NO2/c1-3-19-16(8-6-13(2)7-9-16)15(18)11-14-5-4-10-17-12-14/h4-5,10,12-13,15,18H,3,6-9,11H2,1-2H3. The zero-order chi connectivity index (χ0) is 13.7. The van der Waals surface area contributed by atoms with E-state index in [1.54, 1.807) is 6.20 Å². The first kappa shape index (κ1) is 14.5. The lowest BCUT2D eigenvalue weighted by Crippen LogP contribution is -2.48. The fourth-order valence-corrected chi connectivity index (χ4v) is 3.04. The van der Waals surface area contributed by atoms with Gasteiger partial charge in [0.15, 0.2) is 0 Å². The fourth-order valence-electron chi connectivity index (χ4n) is 3.04. The normalized spacial score (nSPS) is 29.1. The molecule has 1 aliphatic rings. The highest BCUT2D eigenvalue weighted by Crippen LogP contribution is 2.38. The lowest BCUT2D eigenvalue weighted by Gasteiger charge is -2.42. The summed E-state index contributed by atoms with van der Waals surface area (Å²) in [5.41, 5.74) is 0.726. The Hall–Kier alpha value is -0.930. The molecule has 0 radical (unpaired) electrons. The second-order valence-corrected chi connectivity index (χ2v) is 5.76. The number of hydrogen-bond donors (Lipinski definition) is 1. The number of aromatic nitrogens is 1. The Kier molecular flexibility index (Phi) is 4.94. The molecule has 1 saturated carbocycles. The van der Waals surface area contributed by atoms with E-state index in [9.17, 15) is 5.11 Å². The molecule has 0 spiro atoms. The number of hydrogen-bond acceptors (Lipinski definition) is 3. The smallest absolute Gasteiger partial charge is 0.0943 e. The zero-order valence-electron chi connectivity index (χ0n) is 12.0. The highest BCUT2D eigenvalue weighted by molar-refractivity contribution is 5.11. The maximum Gasteiger partial charge on any atom is 0.0943 e. The van der Waals surface area contributed by atoms with E-state index in [2.05, 4.69) is 11.9 Å². The van der Waals surface area contributed by atoms with Crippen LogP contribution in [0.15, 0.2) is 24.5 Å². The quantitative estimate of drug-likeness (QED) is 0.888. The first-order valence-corrected chi connectivity index (χ1v) is 7.37. The summed E-state index contributed by atoms with van der Waals surface area (Å²) < 4.78 is 5.98. The van der Waals surface area contributed by atoms with Gasteiger partial charge in [-0.3, -0.25) is 4.98 Å². The molecule has 1 unspecified atom stereocenters. The third-order valence-electron chi connectivity index (χ3n) is 4.31. The van der Waals surface area contributed by atoms with Crippen molar-refractivity contribution in [2.75, 3.05) is 6.61 Å². The van der Waals surface area contributed by atoms with Crippen molar-refractivity contribution in [3.05, 3.63) is 30.1 Å². The van der Waals surface area contributed by atoms with Crippen LogP contribution >= 0.6 is 0 Å². The van der Waals surface area contributed by atoms with Crippen molar-refractivity contribution in [1.82, 2.24) is 4.98 Å². The molecule has 1 aromatic heterocycles. The fraction of sp³-hybridized carbons (Fsp3) is 0.688. The van der Waals surface area contributed by atoms with Crippen molar-refractivity contribution >= 4 is 0 Å². The minimum Gasteiger partial charge on any atom is -0.390 e. The highest BCUT2D eigenvalue weighted by atomic mass is 16.5. The van der Waals surface area contributed by atoms with Gasteiger partial charge in [-0.1, -0.05) is 13.0 Å². The van der Waals surface area contributed by atoms with Crippen molar-refractivity contribution in [2.24, 2.45) is 5.92 Å². The van der Waals surface area contributed by atoms with Crippen molar-refractivity contribution < 1.29 is 9.84 Å². The second kappa shape index (κ2) is 6.49. The van der Waals surface area contributed by atoms with Gasteiger partial charge in [0, 0.05) is 25.4 Å². The van der Waals surface area contributed by atoms with Crippen LogP contribution in [0.3, 0.4) is 0 Å². The summed E-state index contributed by atoms with van der Waals surface area (Å²) in [6.07, 6.45) is 7.98. The zero-order valence-corrected chi connectivity index (χ0v) is 12.0. The van der Waals surface area contributed by atoms with Crippen molar-refractivity contribution in [1.29, 1.82) is 0 Å². The van der Waals surface area contributed by atoms with Crippen LogP contribution in [0.2, 0.25) is 0 Å². The van der Waals surface area contributed by atoms with E-state index >= 15 is 0 Å². The molecule has 19 heavy (non-hydrogen) atoms. The lowest BCUT2D eigenvalue weighted by atomic mass is 9.75. The summed E-state index contributed by atoms with van der Waals surface area (Å²) in [7, 11) is 0. The summed E-state index contributed by atoms with van der Waals surface area (Å²) in [6, 6.07) is 3.93. The summed E-state index contributed by atoms with van der Waals surface area (Å²) in [4.78, 5) is 4.11. The Balaban J connectivity index is 2.06. The summed E-state index contributed by atoms with van der Waals surface area (Å²) in [6.45, 7) is 4.96. The maximum atomic E-state index is 10.6. The van der Waals surface area contributed by atoms with Gasteiger partial charge in [0.05, 0.1) is 11.7 Å². The van der Waals surface area contributed by atoms with Gasteiger partial charge in [-0.15, -0.1) is 0 Å². The Morgan fingerprint density at radius 3 is 2.79 bits per heavy atom. The van der Waals surface area contributed by atoms with E-state index in [0.29, 0.717) is 13.0 Å². The van der Waals surface area contributed by atoms with Crippen molar-refractivity contribution in [2.45, 2.75) is 57.7 Å². The van der Waals surface area contributed by atoms with Crippen LogP contribution in [0.1, 0.15) is 45.1 Å². The van der Waals surface area contributed by atoms with Crippen LogP contribution in [0.25, 0.3) is 0 Å². The van der Waals surface area contributed by atoms with E-state index in [0.717, 1.165) is 37.2 Å². The van der Waals surface area contributed by atoms with E-state index in [1.165, 1.54) is 0 Å². The molecule has 0 saturated heterocycles. The van der Waals surface area contributed by atoms with Crippen LogP contribution in [-0.2, 0) is 11.2 Å². The van der Waals surface area contributed by atoms with E-state index in [4.69, 9.17) is 4.74 Å². The number of pyridine rings is 1. The van der Waals surface area contributed by atoms with Gasteiger partial charge in [0.2, 0.25) is 0 Å². The summed E-state index contributed by atoms with van der Waals surface area (Å²) in [5, 5.41) is 10.6. The number of ether oxygens (including phenoxy) is 1. The lowest BCUT2D eigenvalue weighted by molar-refractivity contribution is -0.143. The van der Waals surface area contributed by atoms with Crippen LogP contribution in [0.5, 0.6) is 0 Å². The molecule has 0 bridgehead atoms. The molecular weight excluding hydrogens is 238 g/mol. The predicted octanol–water partition coefficient (Wildman–Crippen LogP) is 2.97. The van der Waals surface area contributed by atoms with Crippen LogP contribution in [-0.4, -0.2) is 28.4 Å². The van der Waals surface area contributed by atoms with Gasteiger partial charge < -0.3 is 9.84 Å². The molecule has 1 N–H and O–H groups in total. The summed E-state index contributed by atoms with van der Waals surface area (Å²) in [5.74, 6) is 0.749. The molecule has 1 heterocycles. The van der Waals surface area contributed by atoms with Gasteiger partial charge in [-0.05, 0) is 50.2 Å². The molecule has 0 aromatic carbocycles. The van der Waals surface area contributed by atoms with E-state index in [-0.39, 0.29) is 5.60 Å². The van der Waals surface area contributed by atoms with Gasteiger partial charge in [0.1, 0.15) is 0 Å². The van der Waals surface area contributed by atoms with Crippen LogP contribution in [0.4, 0.5) is 0 Å². The largest absolute Gasteiger partial charge is 0.390 e. The molecule has 1 aromatic rings. The number of rotatable bonds is 5. The molecule has 106 valence electrons. The average molecular weight is 263 g/mol. The SMILES string of the molecule is CCOC1(C(O)Cc2cccnc2)CCC(C)CC1. The number of aliphatic hydroxyl groups is 1. The minimum atomic E-state index is -0.441. The number of nitrogens with zero attached hydrogens (tertiary/aromatic N) is 1. The molecule has 0 amide bonds. The summed E-state index contributed by atoms with van der Waals surface area (Å²) >= 11 is 0. The van der Waals surface area contributed by atoms with Gasteiger partial charge in [0.25, 0.3) is 0 Å². The second-order valence-electron chi connectivity index (χ2n) is 5.76. The van der Waals surface area contributed by atoms with Gasteiger partial charge >= 0.3 is 0 Å². The minimum absolute atomic E-state index is 0.350. The molecule has 2 rings (SSSR count). The van der Waals surface area contributed by atoms with Gasteiger partial charge in [-0.2, -0.15) is 0 Å². The van der Waals surface area contributed by atoms with E-state index in [1.807, 2.05) is 25.3 Å².